The predicted molar refractivity (Wildman–Crippen MR) is 48.5 cm³/mol. The second-order valence-corrected chi connectivity index (χ2v) is 3.61. The molecule has 1 saturated heterocycles. The molecule has 0 aromatic carbocycles. The molecule has 1 fully saturated rings. The fourth-order valence-electron chi connectivity index (χ4n) is 1.91. The van der Waals surface area contributed by atoms with E-state index in [2.05, 4.69) is 22.4 Å². The maximum atomic E-state index is 11.3. The van der Waals surface area contributed by atoms with Crippen molar-refractivity contribution in [2.75, 3.05) is 13.1 Å². The van der Waals surface area contributed by atoms with Crippen molar-refractivity contribution in [2.45, 2.75) is 19.4 Å². The Kier molecular flexibility index (Phi) is 2.18. The summed E-state index contributed by atoms with van der Waals surface area (Å²) in [7, 11) is 0. The van der Waals surface area contributed by atoms with Gasteiger partial charge in [-0.3, -0.25) is 4.57 Å². The molecule has 2 atom stereocenters. The van der Waals surface area contributed by atoms with Crippen LogP contribution in [0.4, 0.5) is 0 Å². The van der Waals surface area contributed by atoms with Gasteiger partial charge >= 0.3 is 5.69 Å². The highest BCUT2D eigenvalue weighted by Crippen LogP contribution is 2.21. The van der Waals surface area contributed by atoms with Gasteiger partial charge in [0.1, 0.15) is 6.33 Å². The minimum atomic E-state index is -0.0984. The van der Waals surface area contributed by atoms with Crippen LogP contribution in [0.5, 0.6) is 0 Å². The molecule has 0 bridgehead atoms. The number of aromatic nitrogens is 3. The van der Waals surface area contributed by atoms with Gasteiger partial charge in [-0.05, 0) is 25.4 Å². The van der Waals surface area contributed by atoms with Gasteiger partial charge in [0.25, 0.3) is 0 Å². The van der Waals surface area contributed by atoms with Crippen LogP contribution in [0.15, 0.2) is 11.1 Å². The topological polar surface area (TPSA) is 62.7 Å². The van der Waals surface area contributed by atoms with Crippen LogP contribution in [0.25, 0.3) is 0 Å². The highest BCUT2D eigenvalue weighted by atomic mass is 16.1. The summed E-state index contributed by atoms with van der Waals surface area (Å²) in [4.78, 5) is 11.3. The third kappa shape index (κ3) is 1.51. The molecule has 2 unspecified atom stereocenters. The SMILES string of the molecule is CC1CNCCC1n1cn[nH]c1=O. The van der Waals surface area contributed by atoms with Crippen LogP contribution in [0.1, 0.15) is 19.4 Å². The molecule has 2 heterocycles. The first-order valence-electron chi connectivity index (χ1n) is 4.61. The molecular formula is C8H14N4O. The van der Waals surface area contributed by atoms with Gasteiger partial charge in [0.2, 0.25) is 0 Å². The number of hydrogen-bond acceptors (Lipinski definition) is 3. The zero-order valence-electron chi connectivity index (χ0n) is 7.66. The number of rotatable bonds is 1. The van der Waals surface area contributed by atoms with Gasteiger partial charge in [0.05, 0.1) is 0 Å². The first-order chi connectivity index (χ1) is 6.29. The summed E-state index contributed by atoms with van der Waals surface area (Å²) in [5.74, 6) is 0.490. The van der Waals surface area contributed by atoms with Crippen LogP contribution >= 0.6 is 0 Å². The van der Waals surface area contributed by atoms with Crippen molar-refractivity contribution in [3.05, 3.63) is 16.8 Å². The van der Waals surface area contributed by atoms with Gasteiger partial charge in [-0.15, -0.1) is 0 Å². The number of aromatic amines is 1. The van der Waals surface area contributed by atoms with E-state index in [4.69, 9.17) is 0 Å². The quantitative estimate of drug-likeness (QED) is 0.629. The van der Waals surface area contributed by atoms with E-state index in [9.17, 15) is 4.79 Å². The molecule has 0 spiro atoms. The zero-order chi connectivity index (χ0) is 9.26. The van der Waals surface area contributed by atoms with E-state index in [0.717, 1.165) is 19.5 Å². The molecule has 1 aromatic rings. The lowest BCUT2D eigenvalue weighted by Gasteiger charge is -2.29. The van der Waals surface area contributed by atoms with Crippen LogP contribution in [0.3, 0.4) is 0 Å². The molecule has 0 amide bonds. The van der Waals surface area contributed by atoms with Crippen molar-refractivity contribution < 1.29 is 0 Å². The highest BCUT2D eigenvalue weighted by Gasteiger charge is 2.23. The Morgan fingerprint density at radius 3 is 3.15 bits per heavy atom. The van der Waals surface area contributed by atoms with Crippen LogP contribution in [0, 0.1) is 5.92 Å². The third-order valence-electron chi connectivity index (χ3n) is 2.67. The maximum absolute atomic E-state index is 11.3. The first kappa shape index (κ1) is 8.50. The molecule has 5 nitrogen and oxygen atoms in total. The van der Waals surface area contributed by atoms with Gasteiger partial charge in [-0.2, -0.15) is 5.10 Å². The van der Waals surface area contributed by atoms with Crippen molar-refractivity contribution in [1.82, 2.24) is 20.1 Å². The fourth-order valence-corrected chi connectivity index (χ4v) is 1.91. The fraction of sp³-hybridized carbons (Fsp3) is 0.750. The van der Waals surface area contributed by atoms with Crippen molar-refractivity contribution in [3.8, 4) is 0 Å². The normalized spacial score (nSPS) is 29.0. The molecular weight excluding hydrogens is 168 g/mol. The molecule has 1 aliphatic rings. The molecule has 2 rings (SSSR count). The Bertz CT molecular complexity index is 329. The smallest absolute Gasteiger partial charge is 0.316 e. The molecule has 1 aromatic heterocycles. The first-order valence-corrected chi connectivity index (χ1v) is 4.61. The molecule has 72 valence electrons. The van der Waals surface area contributed by atoms with Crippen molar-refractivity contribution in [3.63, 3.8) is 0 Å². The lowest BCUT2D eigenvalue weighted by atomic mass is 9.95. The van der Waals surface area contributed by atoms with E-state index in [1.807, 2.05) is 0 Å². The number of hydrogen-bond donors (Lipinski definition) is 2. The molecule has 1 aliphatic heterocycles. The number of nitrogens with zero attached hydrogens (tertiary/aromatic N) is 2. The van der Waals surface area contributed by atoms with Crippen LogP contribution in [-0.4, -0.2) is 27.9 Å². The van der Waals surface area contributed by atoms with Crippen LogP contribution in [-0.2, 0) is 0 Å². The summed E-state index contributed by atoms with van der Waals surface area (Å²) in [6, 6.07) is 0.299. The summed E-state index contributed by atoms with van der Waals surface area (Å²) < 4.78 is 1.70. The summed E-state index contributed by atoms with van der Waals surface area (Å²) in [5, 5.41) is 9.46. The van der Waals surface area contributed by atoms with Crippen LogP contribution in [0.2, 0.25) is 0 Å². The van der Waals surface area contributed by atoms with E-state index in [0.29, 0.717) is 12.0 Å². The Morgan fingerprint density at radius 1 is 1.69 bits per heavy atom. The molecule has 2 N–H and O–H groups in total. The highest BCUT2D eigenvalue weighted by molar-refractivity contribution is 4.82. The minimum absolute atomic E-state index is 0.0984. The van der Waals surface area contributed by atoms with Crippen molar-refractivity contribution in [2.24, 2.45) is 5.92 Å². The summed E-state index contributed by atoms with van der Waals surface area (Å²) in [6.07, 6.45) is 2.59. The lowest BCUT2D eigenvalue weighted by Crippen LogP contribution is -2.39. The summed E-state index contributed by atoms with van der Waals surface area (Å²) in [6.45, 7) is 4.10. The summed E-state index contributed by atoms with van der Waals surface area (Å²) in [5.41, 5.74) is -0.0984. The Balaban J connectivity index is 2.24. The van der Waals surface area contributed by atoms with Gasteiger partial charge < -0.3 is 5.32 Å². The Morgan fingerprint density at radius 2 is 2.54 bits per heavy atom. The zero-order valence-corrected chi connectivity index (χ0v) is 7.66. The van der Waals surface area contributed by atoms with Crippen molar-refractivity contribution >= 4 is 0 Å². The van der Waals surface area contributed by atoms with E-state index in [1.54, 1.807) is 10.9 Å². The second-order valence-electron chi connectivity index (χ2n) is 3.61. The van der Waals surface area contributed by atoms with Gasteiger partial charge in [-0.25, -0.2) is 9.89 Å². The van der Waals surface area contributed by atoms with Gasteiger partial charge in [0.15, 0.2) is 0 Å². The lowest BCUT2D eigenvalue weighted by molar-refractivity contribution is 0.268. The standard InChI is InChI=1S/C8H14N4O/c1-6-4-9-3-2-7(6)12-5-10-11-8(12)13/h5-7,9H,2-4H2,1H3,(H,11,13). The monoisotopic (exact) mass is 182 g/mol. The van der Waals surface area contributed by atoms with E-state index in [1.165, 1.54) is 0 Å². The molecule has 13 heavy (non-hydrogen) atoms. The molecule has 0 radical (unpaired) electrons. The largest absolute Gasteiger partial charge is 0.343 e. The second kappa shape index (κ2) is 3.33. The minimum Gasteiger partial charge on any atom is -0.316 e. The van der Waals surface area contributed by atoms with Gasteiger partial charge in [0, 0.05) is 6.04 Å². The van der Waals surface area contributed by atoms with E-state index in [-0.39, 0.29) is 5.69 Å². The van der Waals surface area contributed by atoms with Gasteiger partial charge in [-0.1, -0.05) is 6.92 Å². The van der Waals surface area contributed by atoms with Crippen LogP contribution < -0.4 is 11.0 Å². The Hall–Kier alpha value is -1.10. The molecule has 0 saturated carbocycles. The average Bonchev–Trinajstić information content (AvgIpc) is 2.52. The van der Waals surface area contributed by atoms with E-state index >= 15 is 0 Å². The number of nitrogens with one attached hydrogen (secondary N) is 2. The average molecular weight is 182 g/mol. The summed E-state index contributed by atoms with van der Waals surface area (Å²) >= 11 is 0. The molecule has 0 aliphatic carbocycles. The third-order valence-corrected chi connectivity index (χ3v) is 2.67. The Labute approximate surface area is 76.2 Å². The number of piperidine rings is 1. The molecule has 5 heteroatoms. The van der Waals surface area contributed by atoms with Crippen molar-refractivity contribution in [1.29, 1.82) is 0 Å². The van der Waals surface area contributed by atoms with E-state index < -0.39 is 0 Å². The predicted octanol–water partition coefficient (Wildman–Crippen LogP) is -0.258. The maximum Gasteiger partial charge on any atom is 0.343 e. The number of H-pyrrole nitrogens is 1.